The van der Waals surface area contributed by atoms with Crippen LogP contribution in [0.5, 0.6) is 0 Å². The van der Waals surface area contributed by atoms with Crippen molar-refractivity contribution in [2.45, 2.75) is 6.92 Å². The van der Waals surface area contributed by atoms with Gasteiger partial charge in [0, 0.05) is 11.6 Å². The van der Waals surface area contributed by atoms with Gasteiger partial charge in [0.25, 0.3) is 0 Å². The van der Waals surface area contributed by atoms with Crippen molar-refractivity contribution in [1.82, 2.24) is 14.8 Å². The Kier molecular flexibility index (Phi) is 2.08. The zero-order valence-electron chi connectivity index (χ0n) is 9.46. The zero-order valence-corrected chi connectivity index (χ0v) is 9.46. The van der Waals surface area contributed by atoms with Crippen LogP contribution in [0.2, 0.25) is 0 Å². The van der Waals surface area contributed by atoms with Crippen LogP contribution in [0.25, 0.3) is 16.7 Å². The number of hydrogen-bond donors (Lipinski definition) is 1. The molecule has 84 valence electrons. The van der Waals surface area contributed by atoms with Gasteiger partial charge < -0.3 is 5.73 Å². The molecule has 0 fully saturated rings. The summed E-state index contributed by atoms with van der Waals surface area (Å²) in [5.41, 5.74) is 8.73. The molecule has 4 nitrogen and oxygen atoms in total. The predicted molar refractivity (Wildman–Crippen MR) is 68.0 cm³/mol. The molecule has 0 bridgehead atoms. The number of pyridine rings is 1. The van der Waals surface area contributed by atoms with E-state index in [1.165, 1.54) is 0 Å². The van der Waals surface area contributed by atoms with Crippen LogP contribution in [0.15, 0.2) is 42.7 Å². The van der Waals surface area contributed by atoms with Gasteiger partial charge in [0.2, 0.25) is 0 Å². The maximum Gasteiger partial charge on any atom is 0.177 e. The highest BCUT2D eigenvalue weighted by Gasteiger charge is 2.09. The Morgan fingerprint density at radius 1 is 1.18 bits per heavy atom. The molecule has 3 aromatic rings. The first-order valence-electron chi connectivity index (χ1n) is 5.41. The zero-order chi connectivity index (χ0) is 11.8. The molecular weight excluding hydrogens is 212 g/mol. The molecule has 0 saturated carbocycles. The summed E-state index contributed by atoms with van der Waals surface area (Å²) in [6.07, 6.45) is 3.57. The molecule has 1 aromatic carbocycles. The molecule has 0 spiro atoms. The second kappa shape index (κ2) is 3.59. The van der Waals surface area contributed by atoms with Crippen LogP contribution < -0.4 is 5.73 Å². The molecular formula is C13H12N4. The number of hydrogen-bond acceptors (Lipinski definition) is 3. The number of nitrogen functional groups attached to an aromatic ring is 1. The smallest absolute Gasteiger partial charge is 0.177 e. The molecule has 0 aliphatic carbocycles. The van der Waals surface area contributed by atoms with Gasteiger partial charge in [0.1, 0.15) is 0 Å². The summed E-state index contributed by atoms with van der Waals surface area (Å²) in [5.74, 6) is 0.686. The molecule has 2 N–H and O–H groups in total. The van der Waals surface area contributed by atoms with Crippen molar-refractivity contribution in [1.29, 1.82) is 0 Å². The molecule has 3 rings (SSSR count). The summed E-state index contributed by atoms with van der Waals surface area (Å²) in [5, 5.41) is 5.42. The Balaban J connectivity index is 2.31. The molecule has 0 aliphatic rings. The van der Waals surface area contributed by atoms with Gasteiger partial charge in [-0.1, -0.05) is 18.2 Å². The second-order valence-corrected chi connectivity index (χ2v) is 3.98. The third kappa shape index (κ3) is 1.45. The van der Waals surface area contributed by atoms with Crippen LogP contribution in [0.4, 0.5) is 5.69 Å². The van der Waals surface area contributed by atoms with Crippen LogP contribution in [0.1, 0.15) is 5.56 Å². The fourth-order valence-electron chi connectivity index (χ4n) is 1.86. The molecule has 4 heteroatoms. The van der Waals surface area contributed by atoms with E-state index in [0.29, 0.717) is 11.5 Å². The highest BCUT2D eigenvalue weighted by Crippen LogP contribution is 2.22. The van der Waals surface area contributed by atoms with Crippen LogP contribution in [-0.2, 0) is 0 Å². The monoisotopic (exact) mass is 224 g/mol. The lowest BCUT2D eigenvalue weighted by molar-refractivity contribution is 0.876. The number of para-hydroxylation sites is 1. The maximum absolute atomic E-state index is 6.04. The number of fused-ring (bicyclic) bond motifs is 1. The average molecular weight is 224 g/mol. The highest BCUT2D eigenvalue weighted by atomic mass is 15.3. The number of rotatable bonds is 1. The second-order valence-electron chi connectivity index (χ2n) is 3.98. The Hall–Kier alpha value is -2.36. The Morgan fingerprint density at radius 2 is 2.00 bits per heavy atom. The summed E-state index contributed by atoms with van der Waals surface area (Å²) < 4.78 is 1.78. The summed E-state index contributed by atoms with van der Waals surface area (Å²) in [6.45, 7) is 1.96. The molecule has 0 unspecified atom stereocenters. The third-order valence-corrected chi connectivity index (χ3v) is 2.86. The summed E-state index contributed by atoms with van der Waals surface area (Å²) in [4.78, 5) is 4.31. The highest BCUT2D eigenvalue weighted by molar-refractivity contribution is 5.81. The lowest BCUT2D eigenvalue weighted by Gasteiger charge is -2.07. The van der Waals surface area contributed by atoms with Crippen molar-refractivity contribution in [2.24, 2.45) is 0 Å². The number of benzene rings is 1. The van der Waals surface area contributed by atoms with Gasteiger partial charge in [-0.05, 0) is 24.6 Å². The number of anilines is 1. The van der Waals surface area contributed by atoms with Crippen molar-refractivity contribution in [3.63, 3.8) is 0 Å². The number of nitrogens with two attached hydrogens (primary N) is 1. The van der Waals surface area contributed by atoms with Gasteiger partial charge in [-0.2, -0.15) is 5.10 Å². The summed E-state index contributed by atoms with van der Waals surface area (Å²) in [7, 11) is 0. The fraction of sp³-hybridized carbons (Fsp3) is 0.0769. The minimum absolute atomic E-state index is 0.668. The van der Waals surface area contributed by atoms with Gasteiger partial charge in [-0.15, -0.1) is 0 Å². The first kappa shape index (κ1) is 9.84. The first-order valence-corrected chi connectivity index (χ1v) is 5.41. The summed E-state index contributed by atoms with van der Waals surface area (Å²) >= 11 is 0. The third-order valence-electron chi connectivity index (χ3n) is 2.86. The largest absolute Gasteiger partial charge is 0.395 e. The van der Waals surface area contributed by atoms with E-state index in [-0.39, 0.29) is 0 Å². The molecule has 0 saturated heterocycles. The number of aryl methyl sites for hydroxylation is 1. The topological polar surface area (TPSA) is 56.7 Å². The minimum atomic E-state index is 0.668. The van der Waals surface area contributed by atoms with E-state index in [2.05, 4.69) is 10.1 Å². The maximum atomic E-state index is 6.04. The van der Waals surface area contributed by atoms with Crippen molar-refractivity contribution in [3.05, 3.63) is 48.3 Å². The fourth-order valence-corrected chi connectivity index (χ4v) is 1.86. The lowest BCUT2D eigenvalue weighted by Crippen LogP contribution is -2.05. The van der Waals surface area contributed by atoms with E-state index < -0.39 is 0 Å². The van der Waals surface area contributed by atoms with Gasteiger partial charge in [0.05, 0.1) is 17.4 Å². The van der Waals surface area contributed by atoms with E-state index in [1.807, 2.05) is 43.5 Å². The SMILES string of the molecule is Cc1ccnc(-n2ncc3ccccc32)c1N. The van der Waals surface area contributed by atoms with Crippen LogP contribution in [-0.4, -0.2) is 14.8 Å². The van der Waals surface area contributed by atoms with Gasteiger partial charge in [0.15, 0.2) is 5.82 Å². The Labute approximate surface area is 98.7 Å². The molecule has 0 radical (unpaired) electrons. The molecule has 2 heterocycles. The van der Waals surface area contributed by atoms with Crippen LogP contribution in [0, 0.1) is 6.92 Å². The van der Waals surface area contributed by atoms with Gasteiger partial charge in [-0.3, -0.25) is 0 Å². The molecule has 2 aromatic heterocycles. The van der Waals surface area contributed by atoms with Crippen molar-refractivity contribution >= 4 is 16.6 Å². The number of nitrogens with zero attached hydrogens (tertiary/aromatic N) is 3. The van der Waals surface area contributed by atoms with Crippen molar-refractivity contribution in [3.8, 4) is 5.82 Å². The lowest BCUT2D eigenvalue weighted by atomic mass is 10.2. The van der Waals surface area contributed by atoms with E-state index >= 15 is 0 Å². The quantitative estimate of drug-likeness (QED) is 0.690. The Morgan fingerprint density at radius 3 is 2.88 bits per heavy atom. The van der Waals surface area contributed by atoms with E-state index in [4.69, 9.17) is 5.73 Å². The molecule has 17 heavy (non-hydrogen) atoms. The van der Waals surface area contributed by atoms with Crippen LogP contribution >= 0.6 is 0 Å². The van der Waals surface area contributed by atoms with Gasteiger partial charge in [-0.25, -0.2) is 9.67 Å². The van der Waals surface area contributed by atoms with E-state index in [1.54, 1.807) is 10.9 Å². The molecule has 0 atom stereocenters. The summed E-state index contributed by atoms with van der Waals surface area (Å²) in [6, 6.07) is 9.88. The van der Waals surface area contributed by atoms with Crippen molar-refractivity contribution in [2.75, 3.05) is 5.73 Å². The van der Waals surface area contributed by atoms with Gasteiger partial charge >= 0.3 is 0 Å². The van der Waals surface area contributed by atoms with Crippen LogP contribution in [0.3, 0.4) is 0 Å². The van der Waals surface area contributed by atoms with E-state index in [0.717, 1.165) is 16.5 Å². The Bertz CT molecular complexity index is 685. The normalized spacial score (nSPS) is 10.9. The average Bonchev–Trinajstić information content (AvgIpc) is 2.77. The minimum Gasteiger partial charge on any atom is -0.395 e. The molecule has 0 amide bonds. The van der Waals surface area contributed by atoms with E-state index in [9.17, 15) is 0 Å². The predicted octanol–water partition coefficient (Wildman–Crippen LogP) is 2.31. The van der Waals surface area contributed by atoms with Crippen molar-refractivity contribution < 1.29 is 0 Å². The number of aromatic nitrogens is 3. The first-order chi connectivity index (χ1) is 8.27. The standard InChI is InChI=1S/C13H12N4/c1-9-6-7-15-13(12(9)14)17-11-5-3-2-4-10(11)8-16-17/h2-8H,14H2,1H3. The molecule has 0 aliphatic heterocycles.